The highest BCUT2D eigenvalue weighted by molar-refractivity contribution is 6.04. The number of aromatic nitrogens is 3. The van der Waals surface area contributed by atoms with Crippen molar-refractivity contribution in [3.63, 3.8) is 0 Å². The van der Waals surface area contributed by atoms with Crippen LogP contribution in [0.15, 0.2) is 42.7 Å². The SMILES string of the molecule is Cc1cccc(C(=O)Nc2nc3ccncc3[nH]2)c1. The van der Waals surface area contributed by atoms with Crippen LogP contribution in [0, 0.1) is 6.92 Å². The molecule has 5 heteroatoms. The van der Waals surface area contributed by atoms with Crippen molar-refractivity contribution in [1.82, 2.24) is 15.0 Å². The number of imidazole rings is 1. The van der Waals surface area contributed by atoms with Crippen LogP contribution in [0.3, 0.4) is 0 Å². The third-order valence-corrected chi connectivity index (χ3v) is 2.80. The van der Waals surface area contributed by atoms with Gasteiger partial charge in [-0.05, 0) is 25.1 Å². The van der Waals surface area contributed by atoms with Gasteiger partial charge in [-0.1, -0.05) is 17.7 Å². The van der Waals surface area contributed by atoms with Crippen LogP contribution in [0.4, 0.5) is 5.95 Å². The first kappa shape index (κ1) is 11.4. The molecule has 0 aliphatic carbocycles. The van der Waals surface area contributed by atoms with Gasteiger partial charge in [-0.3, -0.25) is 15.1 Å². The molecular formula is C14H12N4O. The lowest BCUT2D eigenvalue weighted by atomic mass is 10.1. The lowest BCUT2D eigenvalue weighted by Gasteiger charge is -2.02. The molecule has 0 radical (unpaired) electrons. The maximum absolute atomic E-state index is 12.1. The van der Waals surface area contributed by atoms with Crippen molar-refractivity contribution in [2.45, 2.75) is 6.92 Å². The summed E-state index contributed by atoms with van der Waals surface area (Å²) in [7, 11) is 0. The number of aromatic amines is 1. The fraction of sp³-hybridized carbons (Fsp3) is 0.0714. The van der Waals surface area contributed by atoms with Crippen molar-refractivity contribution in [2.75, 3.05) is 5.32 Å². The van der Waals surface area contributed by atoms with E-state index in [-0.39, 0.29) is 5.91 Å². The number of pyridine rings is 1. The van der Waals surface area contributed by atoms with Gasteiger partial charge in [0, 0.05) is 11.8 Å². The molecule has 2 heterocycles. The Bertz CT molecular complexity index is 715. The van der Waals surface area contributed by atoms with Crippen LogP contribution in [0.25, 0.3) is 11.0 Å². The minimum atomic E-state index is -0.185. The number of fused-ring (bicyclic) bond motifs is 1. The van der Waals surface area contributed by atoms with Gasteiger partial charge in [-0.2, -0.15) is 0 Å². The molecule has 0 saturated carbocycles. The van der Waals surface area contributed by atoms with Crippen molar-refractivity contribution in [3.05, 3.63) is 53.9 Å². The van der Waals surface area contributed by atoms with E-state index in [1.54, 1.807) is 24.5 Å². The van der Waals surface area contributed by atoms with Gasteiger partial charge in [0.2, 0.25) is 5.95 Å². The van der Waals surface area contributed by atoms with E-state index in [9.17, 15) is 4.79 Å². The van der Waals surface area contributed by atoms with Crippen molar-refractivity contribution in [2.24, 2.45) is 0 Å². The van der Waals surface area contributed by atoms with Crippen LogP contribution < -0.4 is 5.32 Å². The summed E-state index contributed by atoms with van der Waals surface area (Å²) < 4.78 is 0. The molecule has 1 aromatic carbocycles. The fourth-order valence-corrected chi connectivity index (χ4v) is 1.88. The molecule has 0 bridgehead atoms. The van der Waals surface area contributed by atoms with Gasteiger partial charge in [-0.25, -0.2) is 4.98 Å². The number of rotatable bonds is 2. The number of aryl methyl sites for hydroxylation is 1. The molecule has 0 spiro atoms. The van der Waals surface area contributed by atoms with Crippen LogP contribution >= 0.6 is 0 Å². The molecule has 0 atom stereocenters. The number of carbonyl (C=O) groups excluding carboxylic acids is 1. The molecule has 2 N–H and O–H groups in total. The van der Waals surface area contributed by atoms with E-state index in [0.29, 0.717) is 11.5 Å². The number of benzene rings is 1. The van der Waals surface area contributed by atoms with Crippen molar-refractivity contribution in [1.29, 1.82) is 0 Å². The predicted octanol–water partition coefficient (Wildman–Crippen LogP) is 2.52. The maximum atomic E-state index is 12.1. The average molecular weight is 252 g/mol. The number of anilines is 1. The summed E-state index contributed by atoms with van der Waals surface area (Å²) in [6.07, 6.45) is 3.33. The van der Waals surface area contributed by atoms with E-state index < -0.39 is 0 Å². The quantitative estimate of drug-likeness (QED) is 0.736. The molecular weight excluding hydrogens is 240 g/mol. The maximum Gasteiger partial charge on any atom is 0.257 e. The van der Waals surface area contributed by atoms with Crippen LogP contribution in [0.1, 0.15) is 15.9 Å². The highest BCUT2D eigenvalue weighted by Gasteiger charge is 2.09. The summed E-state index contributed by atoms with van der Waals surface area (Å²) in [5.41, 5.74) is 3.22. The molecule has 0 aliphatic heterocycles. The molecule has 0 aliphatic rings. The monoisotopic (exact) mass is 252 g/mol. The first-order chi connectivity index (χ1) is 9.22. The molecule has 2 aromatic heterocycles. The van der Waals surface area contributed by atoms with Crippen LogP contribution in [0.2, 0.25) is 0 Å². The van der Waals surface area contributed by atoms with E-state index in [1.165, 1.54) is 0 Å². The average Bonchev–Trinajstić information content (AvgIpc) is 2.80. The van der Waals surface area contributed by atoms with E-state index in [1.807, 2.05) is 25.1 Å². The Morgan fingerprint density at radius 3 is 3.00 bits per heavy atom. The minimum absolute atomic E-state index is 0.185. The lowest BCUT2D eigenvalue weighted by molar-refractivity contribution is 0.102. The number of amides is 1. The molecule has 3 rings (SSSR count). The van der Waals surface area contributed by atoms with E-state index >= 15 is 0 Å². The van der Waals surface area contributed by atoms with E-state index in [0.717, 1.165) is 16.6 Å². The standard InChI is InChI=1S/C14H12N4O/c1-9-3-2-4-10(7-9)13(19)18-14-16-11-5-6-15-8-12(11)17-14/h2-8H,1H3,(H2,16,17,18,19). The van der Waals surface area contributed by atoms with E-state index in [2.05, 4.69) is 20.3 Å². The Labute approximate surface area is 109 Å². The third-order valence-electron chi connectivity index (χ3n) is 2.80. The van der Waals surface area contributed by atoms with Gasteiger partial charge < -0.3 is 4.98 Å². The molecule has 0 saturated heterocycles. The van der Waals surface area contributed by atoms with Crippen molar-refractivity contribution in [3.8, 4) is 0 Å². The Morgan fingerprint density at radius 2 is 2.21 bits per heavy atom. The zero-order chi connectivity index (χ0) is 13.2. The number of hydrogen-bond donors (Lipinski definition) is 2. The van der Waals surface area contributed by atoms with Crippen molar-refractivity contribution < 1.29 is 4.79 Å². The number of nitrogens with zero attached hydrogens (tertiary/aromatic N) is 2. The largest absolute Gasteiger partial charge is 0.323 e. The molecule has 5 nitrogen and oxygen atoms in total. The minimum Gasteiger partial charge on any atom is -0.323 e. The third kappa shape index (κ3) is 2.30. The highest BCUT2D eigenvalue weighted by atomic mass is 16.1. The smallest absolute Gasteiger partial charge is 0.257 e. The topological polar surface area (TPSA) is 70.7 Å². The first-order valence-corrected chi connectivity index (χ1v) is 5.90. The van der Waals surface area contributed by atoms with Gasteiger partial charge in [-0.15, -0.1) is 0 Å². The number of hydrogen-bond acceptors (Lipinski definition) is 3. The lowest BCUT2D eigenvalue weighted by Crippen LogP contribution is -2.12. The number of nitrogens with one attached hydrogen (secondary N) is 2. The van der Waals surface area contributed by atoms with Crippen LogP contribution in [-0.4, -0.2) is 20.9 Å². The van der Waals surface area contributed by atoms with Gasteiger partial charge in [0.25, 0.3) is 5.91 Å². The van der Waals surface area contributed by atoms with Gasteiger partial charge >= 0.3 is 0 Å². The molecule has 0 fully saturated rings. The van der Waals surface area contributed by atoms with Crippen LogP contribution in [0.5, 0.6) is 0 Å². The highest BCUT2D eigenvalue weighted by Crippen LogP contribution is 2.13. The Balaban J connectivity index is 1.86. The summed E-state index contributed by atoms with van der Waals surface area (Å²) in [5.74, 6) is 0.241. The Kier molecular flexibility index (Phi) is 2.72. The predicted molar refractivity (Wildman–Crippen MR) is 73.0 cm³/mol. The van der Waals surface area contributed by atoms with Gasteiger partial charge in [0.05, 0.1) is 17.2 Å². The van der Waals surface area contributed by atoms with E-state index in [4.69, 9.17) is 0 Å². The van der Waals surface area contributed by atoms with Gasteiger partial charge in [0.15, 0.2) is 0 Å². The summed E-state index contributed by atoms with van der Waals surface area (Å²) in [6, 6.07) is 9.19. The normalized spacial score (nSPS) is 10.6. The summed E-state index contributed by atoms with van der Waals surface area (Å²) in [4.78, 5) is 23.3. The van der Waals surface area contributed by atoms with Crippen molar-refractivity contribution >= 4 is 22.9 Å². The van der Waals surface area contributed by atoms with Gasteiger partial charge in [0.1, 0.15) is 0 Å². The second kappa shape index (κ2) is 4.53. The second-order valence-corrected chi connectivity index (χ2v) is 4.30. The molecule has 1 amide bonds. The number of carbonyl (C=O) groups is 1. The molecule has 0 unspecified atom stereocenters. The summed E-state index contributed by atoms with van der Waals surface area (Å²) >= 11 is 0. The Hall–Kier alpha value is -2.69. The summed E-state index contributed by atoms with van der Waals surface area (Å²) in [6.45, 7) is 1.95. The fourth-order valence-electron chi connectivity index (χ4n) is 1.88. The summed E-state index contributed by atoms with van der Waals surface area (Å²) in [5, 5.41) is 2.74. The van der Waals surface area contributed by atoms with Crippen LogP contribution in [-0.2, 0) is 0 Å². The second-order valence-electron chi connectivity index (χ2n) is 4.30. The zero-order valence-corrected chi connectivity index (χ0v) is 10.3. The number of H-pyrrole nitrogens is 1. The molecule has 19 heavy (non-hydrogen) atoms. The Morgan fingerprint density at radius 1 is 1.32 bits per heavy atom. The zero-order valence-electron chi connectivity index (χ0n) is 10.3. The molecule has 3 aromatic rings. The molecule has 94 valence electrons. The first-order valence-electron chi connectivity index (χ1n) is 5.90.